The largest absolute Gasteiger partial charge is 0.281 e. The minimum absolute atomic E-state index is 0.0384. The molecule has 6 nitrogen and oxygen atoms in total. The van der Waals surface area contributed by atoms with E-state index in [0.29, 0.717) is 12.1 Å². The maximum Gasteiger partial charge on any atom is 0.267 e. The number of carbonyl (C=O) groups is 1. The van der Waals surface area contributed by atoms with Crippen molar-refractivity contribution in [2.45, 2.75) is 30.6 Å². The van der Waals surface area contributed by atoms with Gasteiger partial charge in [-0.05, 0) is 43.4 Å². The van der Waals surface area contributed by atoms with Crippen LogP contribution in [0.15, 0.2) is 35.4 Å². The molecule has 2 unspecified atom stereocenters. The molecule has 8 heteroatoms. The van der Waals surface area contributed by atoms with Crippen molar-refractivity contribution in [3.8, 4) is 0 Å². The second-order valence-electron chi connectivity index (χ2n) is 5.67. The molecule has 23 heavy (non-hydrogen) atoms. The van der Waals surface area contributed by atoms with Gasteiger partial charge in [0, 0.05) is 5.92 Å². The average molecular weight is 337 g/mol. The van der Waals surface area contributed by atoms with Crippen molar-refractivity contribution in [1.82, 2.24) is 14.9 Å². The van der Waals surface area contributed by atoms with Crippen LogP contribution < -0.4 is 4.72 Å². The third-order valence-electron chi connectivity index (χ3n) is 4.22. The molecule has 3 rings (SSSR count). The predicted octanol–water partition coefficient (Wildman–Crippen LogP) is 1.86. The summed E-state index contributed by atoms with van der Waals surface area (Å²) < 4.78 is 39.5. The van der Waals surface area contributed by atoms with Gasteiger partial charge in [-0.2, -0.15) is 5.10 Å². The Bertz CT molecular complexity index is 830. The lowest BCUT2D eigenvalue weighted by molar-refractivity contribution is -0.126. The first kappa shape index (κ1) is 15.7. The van der Waals surface area contributed by atoms with Gasteiger partial charge in [-0.3, -0.25) is 9.89 Å². The molecule has 1 saturated carbocycles. The van der Waals surface area contributed by atoms with Crippen LogP contribution in [0.5, 0.6) is 0 Å². The Balaban J connectivity index is 1.74. The number of benzene rings is 1. The smallest absolute Gasteiger partial charge is 0.267 e. The molecule has 0 radical (unpaired) electrons. The van der Waals surface area contributed by atoms with Crippen molar-refractivity contribution in [2.75, 3.05) is 0 Å². The monoisotopic (exact) mass is 337 g/mol. The summed E-state index contributed by atoms with van der Waals surface area (Å²) in [7, 11) is -3.93. The van der Waals surface area contributed by atoms with Crippen LogP contribution in [0.2, 0.25) is 0 Å². The Labute approximate surface area is 133 Å². The van der Waals surface area contributed by atoms with E-state index in [1.807, 2.05) is 0 Å². The minimum atomic E-state index is -3.93. The van der Waals surface area contributed by atoms with E-state index in [1.165, 1.54) is 18.3 Å². The number of H-pyrrole nitrogens is 1. The molecule has 0 spiro atoms. The van der Waals surface area contributed by atoms with Crippen LogP contribution in [0.4, 0.5) is 4.39 Å². The molecule has 2 atom stereocenters. The summed E-state index contributed by atoms with van der Waals surface area (Å²) in [6.45, 7) is 1.57. The van der Waals surface area contributed by atoms with Gasteiger partial charge in [0.15, 0.2) is 0 Å². The summed E-state index contributed by atoms with van der Waals surface area (Å²) in [5.41, 5.74) is 1.21. The molecule has 1 heterocycles. The van der Waals surface area contributed by atoms with Crippen LogP contribution in [0.3, 0.4) is 0 Å². The van der Waals surface area contributed by atoms with Gasteiger partial charge in [0.25, 0.3) is 10.0 Å². The number of hydrogen-bond donors (Lipinski definition) is 2. The van der Waals surface area contributed by atoms with E-state index in [2.05, 4.69) is 14.9 Å². The van der Waals surface area contributed by atoms with Crippen molar-refractivity contribution in [3.63, 3.8) is 0 Å². The van der Waals surface area contributed by atoms with Crippen LogP contribution in [-0.4, -0.2) is 24.5 Å². The number of amides is 1. The number of rotatable bonds is 4. The standard InChI is InChI=1S/C15H16FN3O3S/c1-9-14(8-17-18-9)23(21,22)19-15(20)13-7-6-12(13)10-2-4-11(16)5-3-10/h2-5,8,12-13H,6-7H2,1H3,(H,17,18)(H,19,20). The molecule has 0 aliphatic heterocycles. The number of nitrogens with one attached hydrogen (secondary N) is 2. The van der Waals surface area contributed by atoms with E-state index in [4.69, 9.17) is 0 Å². The van der Waals surface area contributed by atoms with Crippen LogP contribution in [0.25, 0.3) is 0 Å². The molecule has 0 saturated heterocycles. The van der Waals surface area contributed by atoms with Crippen LogP contribution in [0, 0.1) is 18.7 Å². The van der Waals surface area contributed by atoms with Crippen molar-refractivity contribution in [3.05, 3.63) is 47.5 Å². The molecule has 1 aromatic heterocycles. The number of halogens is 1. The normalized spacial score (nSPS) is 20.8. The molecule has 1 fully saturated rings. The lowest BCUT2D eigenvalue weighted by atomic mass is 9.69. The van der Waals surface area contributed by atoms with E-state index >= 15 is 0 Å². The summed E-state index contributed by atoms with van der Waals surface area (Å²) in [6.07, 6.45) is 2.55. The molecule has 0 bridgehead atoms. The van der Waals surface area contributed by atoms with E-state index < -0.39 is 21.8 Å². The molecule has 1 aromatic carbocycles. The summed E-state index contributed by atoms with van der Waals surface area (Å²) in [6, 6.07) is 5.95. The fourth-order valence-corrected chi connectivity index (χ4v) is 3.96. The summed E-state index contributed by atoms with van der Waals surface area (Å²) in [5, 5.41) is 6.18. The maximum absolute atomic E-state index is 13.0. The zero-order valence-electron chi connectivity index (χ0n) is 12.4. The molecule has 1 aliphatic rings. The number of hydrogen-bond acceptors (Lipinski definition) is 4. The van der Waals surface area contributed by atoms with Gasteiger partial charge in [0.2, 0.25) is 5.91 Å². The molecule has 1 amide bonds. The first-order valence-electron chi connectivity index (χ1n) is 7.20. The van der Waals surface area contributed by atoms with Crippen molar-refractivity contribution < 1.29 is 17.6 Å². The number of carbonyl (C=O) groups excluding carboxylic acids is 1. The number of aromatic amines is 1. The van der Waals surface area contributed by atoms with Crippen molar-refractivity contribution >= 4 is 15.9 Å². The summed E-state index contributed by atoms with van der Waals surface area (Å²) >= 11 is 0. The Kier molecular flexibility index (Phi) is 3.93. The predicted molar refractivity (Wildman–Crippen MR) is 80.5 cm³/mol. The molecule has 2 N–H and O–H groups in total. The highest BCUT2D eigenvalue weighted by Crippen LogP contribution is 2.42. The van der Waals surface area contributed by atoms with E-state index in [0.717, 1.165) is 12.0 Å². The molecule has 2 aromatic rings. The van der Waals surface area contributed by atoms with Gasteiger partial charge in [0.05, 0.1) is 11.9 Å². The highest BCUT2D eigenvalue weighted by atomic mass is 32.2. The first-order chi connectivity index (χ1) is 10.9. The molecular weight excluding hydrogens is 321 g/mol. The van der Waals surface area contributed by atoms with Crippen LogP contribution in [-0.2, 0) is 14.8 Å². The summed E-state index contributed by atoms with van der Waals surface area (Å²) in [5.74, 6) is -1.39. The van der Waals surface area contributed by atoms with Crippen LogP contribution >= 0.6 is 0 Å². The highest BCUT2D eigenvalue weighted by molar-refractivity contribution is 7.90. The Hall–Kier alpha value is -2.22. The summed E-state index contributed by atoms with van der Waals surface area (Å²) in [4.78, 5) is 12.3. The zero-order chi connectivity index (χ0) is 16.6. The SMILES string of the molecule is Cc1[nH]ncc1S(=O)(=O)NC(=O)C1CCC1c1ccc(F)cc1. The third-order valence-corrected chi connectivity index (χ3v) is 5.68. The number of nitrogens with zero attached hydrogens (tertiary/aromatic N) is 1. The highest BCUT2D eigenvalue weighted by Gasteiger charge is 2.39. The average Bonchev–Trinajstić information content (AvgIpc) is 2.86. The number of aromatic nitrogens is 2. The van der Waals surface area contributed by atoms with E-state index in [-0.39, 0.29) is 16.6 Å². The Morgan fingerprint density at radius 2 is 2.00 bits per heavy atom. The second-order valence-corrected chi connectivity index (χ2v) is 7.32. The first-order valence-corrected chi connectivity index (χ1v) is 8.69. The van der Waals surface area contributed by atoms with Crippen molar-refractivity contribution in [2.24, 2.45) is 5.92 Å². The van der Waals surface area contributed by atoms with E-state index in [9.17, 15) is 17.6 Å². The Morgan fingerprint density at radius 1 is 1.30 bits per heavy atom. The van der Waals surface area contributed by atoms with Gasteiger partial charge in [-0.1, -0.05) is 12.1 Å². The fourth-order valence-electron chi connectivity index (χ4n) is 2.80. The topological polar surface area (TPSA) is 91.9 Å². The van der Waals surface area contributed by atoms with Crippen molar-refractivity contribution in [1.29, 1.82) is 0 Å². The zero-order valence-corrected chi connectivity index (χ0v) is 13.2. The van der Waals surface area contributed by atoms with Crippen LogP contribution in [0.1, 0.15) is 30.0 Å². The number of sulfonamides is 1. The van der Waals surface area contributed by atoms with Gasteiger partial charge >= 0.3 is 0 Å². The molecular formula is C15H16FN3O3S. The van der Waals surface area contributed by atoms with Gasteiger partial charge in [-0.15, -0.1) is 0 Å². The van der Waals surface area contributed by atoms with Gasteiger partial charge in [0.1, 0.15) is 10.7 Å². The third kappa shape index (κ3) is 2.98. The maximum atomic E-state index is 13.0. The van der Waals surface area contributed by atoms with Gasteiger partial charge < -0.3 is 0 Å². The molecule has 122 valence electrons. The quantitative estimate of drug-likeness (QED) is 0.891. The van der Waals surface area contributed by atoms with E-state index in [1.54, 1.807) is 19.1 Å². The lowest BCUT2D eigenvalue weighted by Gasteiger charge is -2.35. The second kappa shape index (κ2) is 5.77. The minimum Gasteiger partial charge on any atom is -0.281 e. The lowest BCUT2D eigenvalue weighted by Crippen LogP contribution is -2.42. The molecule has 1 aliphatic carbocycles. The number of aryl methyl sites for hydroxylation is 1. The fraction of sp³-hybridized carbons (Fsp3) is 0.333. The van der Waals surface area contributed by atoms with Gasteiger partial charge in [-0.25, -0.2) is 17.5 Å². The Morgan fingerprint density at radius 3 is 2.52 bits per heavy atom.